The van der Waals surface area contributed by atoms with E-state index in [1.54, 1.807) is 7.11 Å². The van der Waals surface area contributed by atoms with E-state index in [0.717, 1.165) is 47.9 Å². The number of rotatable bonds is 9. The first-order valence-corrected chi connectivity index (χ1v) is 14.9. The molecule has 3 aromatic rings. The highest BCUT2D eigenvalue weighted by Crippen LogP contribution is 2.38. The van der Waals surface area contributed by atoms with Gasteiger partial charge in [0.1, 0.15) is 23.1 Å². The number of aromatic nitrogens is 1. The lowest BCUT2D eigenvalue weighted by atomic mass is 9.87. The molecule has 1 aromatic heterocycles. The van der Waals surface area contributed by atoms with Gasteiger partial charge in [0.15, 0.2) is 0 Å². The fourth-order valence-corrected chi connectivity index (χ4v) is 6.10. The van der Waals surface area contributed by atoms with Gasteiger partial charge in [0.25, 0.3) is 5.91 Å². The lowest BCUT2D eigenvalue weighted by Crippen LogP contribution is -2.49. The van der Waals surface area contributed by atoms with Crippen molar-refractivity contribution in [3.05, 3.63) is 81.3 Å². The highest BCUT2D eigenvalue weighted by atomic mass is 32.1. The molecule has 1 atom stereocenters. The minimum Gasteiger partial charge on any atom is -0.486 e. The summed E-state index contributed by atoms with van der Waals surface area (Å²) >= 11 is 1.44. The number of thiazole rings is 1. The SMILES string of the molecule is COCCN1CCN(C(=O)c2csc(COc3ccc4c(c3)[C@H](c3ccccc3)N(C(=O)C(C)C)CC4)n2)CC1. The summed E-state index contributed by atoms with van der Waals surface area (Å²) in [6, 6.07) is 16.2. The minimum atomic E-state index is -0.151. The van der Waals surface area contributed by atoms with Gasteiger partial charge in [-0.25, -0.2) is 4.98 Å². The number of ether oxygens (including phenoxy) is 2. The van der Waals surface area contributed by atoms with E-state index in [0.29, 0.717) is 31.9 Å². The summed E-state index contributed by atoms with van der Waals surface area (Å²) in [6.07, 6.45) is 0.815. The fraction of sp³-hybridized carbons (Fsp3) is 0.452. The lowest BCUT2D eigenvalue weighted by Gasteiger charge is -2.39. The van der Waals surface area contributed by atoms with E-state index in [9.17, 15) is 9.59 Å². The van der Waals surface area contributed by atoms with Gasteiger partial charge >= 0.3 is 0 Å². The molecule has 40 heavy (non-hydrogen) atoms. The standard InChI is InChI=1S/C31H38N4O4S/c1-22(2)30(36)35-12-11-23-9-10-25(19-26(23)29(35)24-7-5-4-6-8-24)39-20-28-32-27(21-40-28)31(37)34-15-13-33(14-16-34)17-18-38-3/h4-10,19,21-22,29H,11-18,20H2,1-3H3/t29-/m0/s1. The molecule has 1 saturated heterocycles. The molecule has 0 aliphatic carbocycles. The number of carbonyl (C=O) groups excluding carboxylic acids is 2. The summed E-state index contributed by atoms with van der Waals surface area (Å²) in [5, 5.41) is 2.59. The third kappa shape index (κ3) is 6.37. The van der Waals surface area contributed by atoms with Crippen LogP contribution in [0, 0.1) is 5.92 Å². The smallest absolute Gasteiger partial charge is 0.273 e. The normalized spacial score (nSPS) is 17.6. The van der Waals surface area contributed by atoms with E-state index >= 15 is 0 Å². The predicted molar refractivity (Wildman–Crippen MR) is 156 cm³/mol. The van der Waals surface area contributed by atoms with Crippen LogP contribution in [-0.2, 0) is 22.6 Å². The summed E-state index contributed by atoms with van der Waals surface area (Å²) in [5.41, 5.74) is 3.91. The van der Waals surface area contributed by atoms with Crippen molar-refractivity contribution < 1.29 is 19.1 Å². The Bertz CT molecular complexity index is 1300. The fourth-order valence-electron chi connectivity index (χ4n) is 5.42. The van der Waals surface area contributed by atoms with Gasteiger partial charge < -0.3 is 19.3 Å². The Morgan fingerprint density at radius 3 is 2.55 bits per heavy atom. The molecular formula is C31H38N4O4S. The van der Waals surface area contributed by atoms with Crippen molar-refractivity contribution in [3.8, 4) is 5.75 Å². The third-order valence-electron chi connectivity index (χ3n) is 7.64. The number of carbonyl (C=O) groups is 2. The number of methoxy groups -OCH3 is 1. The molecule has 2 amide bonds. The number of fused-ring (bicyclic) bond motifs is 1. The molecule has 5 rings (SSSR count). The summed E-state index contributed by atoms with van der Waals surface area (Å²) in [7, 11) is 1.71. The number of amides is 2. The zero-order chi connectivity index (χ0) is 28.1. The number of hydrogen-bond acceptors (Lipinski definition) is 7. The van der Waals surface area contributed by atoms with E-state index in [2.05, 4.69) is 34.1 Å². The Labute approximate surface area is 240 Å². The number of hydrogen-bond donors (Lipinski definition) is 0. The van der Waals surface area contributed by atoms with Gasteiger partial charge in [-0.15, -0.1) is 11.3 Å². The summed E-state index contributed by atoms with van der Waals surface area (Å²) in [5.74, 6) is 0.785. The van der Waals surface area contributed by atoms with E-state index in [1.165, 1.54) is 16.9 Å². The maximum absolute atomic E-state index is 13.2. The Balaban J connectivity index is 1.26. The first-order chi connectivity index (χ1) is 19.4. The summed E-state index contributed by atoms with van der Waals surface area (Å²) in [6.45, 7) is 9.56. The van der Waals surface area contributed by atoms with Crippen LogP contribution in [0.25, 0.3) is 0 Å². The average molecular weight is 563 g/mol. The molecule has 0 unspecified atom stereocenters. The minimum absolute atomic E-state index is 0.0247. The maximum Gasteiger partial charge on any atom is 0.273 e. The molecule has 212 valence electrons. The van der Waals surface area contributed by atoms with Crippen molar-refractivity contribution in [2.24, 2.45) is 5.92 Å². The van der Waals surface area contributed by atoms with Crippen LogP contribution in [0.3, 0.4) is 0 Å². The monoisotopic (exact) mass is 562 g/mol. The number of benzene rings is 2. The first-order valence-electron chi connectivity index (χ1n) is 14.0. The zero-order valence-corrected chi connectivity index (χ0v) is 24.4. The highest BCUT2D eigenvalue weighted by Gasteiger charge is 2.33. The van der Waals surface area contributed by atoms with Crippen LogP contribution in [0.4, 0.5) is 0 Å². The van der Waals surface area contributed by atoms with Gasteiger partial charge in [-0.1, -0.05) is 50.2 Å². The van der Waals surface area contributed by atoms with E-state index in [-0.39, 0.29) is 30.4 Å². The van der Waals surface area contributed by atoms with Gasteiger partial charge in [-0.3, -0.25) is 14.5 Å². The second-order valence-electron chi connectivity index (χ2n) is 10.7. The Morgan fingerprint density at radius 2 is 1.82 bits per heavy atom. The van der Waals surface area contributed by atoms with Crippen LogP contribution in [-0.4, -0.2) is 84.5 Å². The summed E-state index contributed by atoms with van der Waals surface area (Å²) < 4.78 is 11.3. The van der Waals surface area contributed by atoms with E-state index < -0.39 is 0 Å². The van der Waals surface area contributed by atoms with Crippen molar-refractivity contribution in [3.63, 3.8) is 0 Å². The van der Waals surface area contributed by atoms with Crippen LogP contribution in [0.5, 0.6) is 5.75 Å². The Morgan fingerprint density at radius 1 is 1.05 bits per heavy atom. The van der Waals surface area contributed by atoms with Gasteiger partial charge in [0.2, 0.25) is 5.91 Å². The van der Waals surface area contributed by atoms with Crippen molar-refractivity contribution >= 4 is 23.2 Å². The molecule has 2 aliphatic rings. The molecule has 3 heterocycles. The molecule has 2 aliphatic heterocycles. The number of nitrogens with zero attached hydrogens (tertiary/aromatic N) is 4. The van der Waals surface area contributed by atoms with Crippen molar-refractivity contribution in [2.45, 2.75) is 32.9 Å². The quantitative estimate of drug-likeness (QED) is 0.388. The van der Waals surface area contributed by atoms with Crippen molar-refractivity contribution in [1.29, 1.82) is 0 Å². The molecule has 0 saturated carbocycles. The van der Waals surface area contributed by atoms with Crippen LogP contribution in [0.15, 0.2) is 53.9 Å². The highest BCUT2D eigenvalue weighted by molar-refractivity contribution is 7.09. The van der Waals surface area contributed by atoms with Gasteiger partial charge in [0.05, 0.1) is 12.6 Å². The van der Waals surface area contributed by atoms with Crippen molar-refractivity contribution in [1.82, 2.24) is 19.7 Å². The molecular weight excluding hydrogens is 524 g/mol. The van der Waals surface area contributed by atoms with Gasteiger partial charge in [-0.2, -0.15) is 0 Å². The molecule has 8 nitrogen and oxygen atoms in total. The molecule has 0 N–H and O–H groups in total. The van der Waals surface area contributed by atoms with Gasteiger partial charge in [-0.05, 0) is 35.2 Å². The van der Waals surface area contributed by atoms with Crippen LogP contribution in [0.2, 0.25) is 0 Å². The molecule has 0 bridgehead atoms. The van der Waals surface area contributed by atoms with E-state index in [4.69, 9.17) is 9.47 Å². The zero-order valence-electron chi connectivity index (χ0n) is 23.5. The Kier molecular flexibility index (Phi) is 9.14. The molecule has 9 heteroatoms. The topological polar surface area (TPSA) is 75.2 Å². The van der Waals surface area contributed by atoms with Crippen LogP contribution >= 0.6 is 11.3 Å². The van der Waals surface area contributed by atoms with Gasteiger partial charge in [0, 0.05) is 57.7 Å². The second kappa shape index (κ2) is 12.9. The molecule has 1 fully saturated rings. The Hall–Kier alpha value is -3.27. The van der Waals surface area contributed by atoms with Crippen LogP contribution in [0.1, 0.15) is 52.1 Å². The maximum atomic E-state index is 13.2. The lowest BCUT2D eigenvalue weighted by molar-refractivity contribution is -0.136. The van der Waals surface area contributed by atoms with Crippen molar-refractivity contribution in [2.75, 3.05) is 53.0 Å². The molecule has 0 spiro atoms. The molecule has 2 aromatic carbocycles. The van der Waals surface area contributed by atoms with E-state index in [1.807, 2.05) is 53.3 Å². The molecule has 0 radical (unpaired) electrons. The average Bonchev–Trinajstić information content (AvgIpc) is 3.47. The first kappa shape index (κ1) is 28.3. The summed E-state index contributed by atoms with van der Waals surface area (Å²) in [4.78, 5) is 37.0. The third-order valence-corrected chi connectivity index (χ3v) is 8.46. The predicted octanol–water partition coefficient (Wildman–Crippen LogP) is 4.26. The number of piperazine rings is 1. The van der Waals surface area contributed by atoms with Crippen LogP contribution < -0.4 is 4.74 Å². The second-order valence-corrected chi connectivity index (χ2v) is 11.6. The largest absolute Gasteiger partial charge is 0.486 e.